The first kappa shape index (κ1) is 14.8. The van der Waals surface area contributed by atoms with Crippen LogP contribution in [0.5, 0.6) is 0 Å². The van der Waals surface area contributed by atoms with Gasteiger partial charge in [-0.25, -0.2) is 4.79 Å². The second-order valence-electron chi connectivity index (χ2n) is 7.51. The molecule has 124 valence electrons. The summed E-state index contributed by atoms with van der Waals surface area (Å²) in [5.41, 5.74) is 0. The quantitative estimate of drug-likeness (QED) is 0.853. The lowest BCUT2D eigenvalue weighted by Gasteiger charge is -2.38. The molecule has 2 aliphatic carbocycles. The number of urea groups is 1. The van der Waals surface area contributed by atoms with Crippen molar-refractivity contribution in [1.29, 1.82) is 0 Å². The van der Waals surface area contributed by atoms with Crippen LogP contribution in [0.15, 0.2) is 0 Å². The number of piperidine rings is 1. The van der Waals surface area contributed by atoms with Crippen molar-refractivity contribution in [2.45, 2.75) is 63.2 Å². The van der Waals surface area contributed by atoms with Crippen LogP contribution in [0.1, 0.15) is 51.4 Å². The molecule has 1 N–H and O–H groups in total. The van der Waals surface area contributed by atoms with E-state index in [9.17, 15) is 4.79 Å². The number of likely N-dealkylation sites (tertiary alicyclic amines) is 1. The van der Waals surface area contributed by atoms with Gasteiger partial charge in [0, 0.05) is 32.0 Å². The van der Waals surface area contributed by atoms with Crippen LogP contribution in [0, 0.1) is 11.8 Å². The van der Waals surface area contributed by atoms with Crippen molar-refractivity contribution < 1.29 is 14.3 Å². The maximum atomic E-state index is 12.5. The predicted octanol–water partition coefficient (Wildman–Crippen LogP) is 2.50. The summed E-state index contributed by atoms with van der Waals surface area (Å²) < 4.78 is 11.5. The van der Waals surface area contributed by atoms with Crippen molar-refractivity contribution in [2.24, 2.45) is 11.8 Å². The second-order valence-corrected chi connectivity index (χ2v) is 7.51. The van der Waals surface area contributed by atoms with Gasteiger partial charge < -0.3 is 19.7 Å². The fourth-order valence-corrected chi connectivity index (χ4v) is 4.46. The van der Waals surface area contributed by atoms with Crippen LogP contribution in [0.4, 0.5) is 4.79 Å². The Hall–Kier alpha value is -0.810. The van der Waals surface area contributed by atoms with Crippen LogP contribution in [0.2, 0.25) is 0 Å². The molecule has 4 fully saturated rings. The number of carbonyl (C=O) groups excluding carboxylic acids is 1. The lowest BCUT2D eigenvalue weighted by molar-refractivity contribution is -0.181. The molecule has 2 atom stereocenters. The summed E-state index contributed by atoms with van der Waals surface area (Å²) in [6.07, 6.45) is 9.43. The van der Waals surface area contributed by atoms with Crippen molar-refractivity contribution in [3.05, 3.63) is 0 Å². The number of ether oxygens (including phenoxy) is 2. The van der Waals surface area contributed by atoms with E-state index in [1.165, 1.54) is 32.1 Å². The van der Waals surface area contributed by atoms with E-state index in [2.05, 4.69) is 5.32 Å². The van der Waals surface area contributed by atoms with E-state index in [-0.39, 0.29) is 6.03 Å². The first-order valence-electron chi connectivity index (χ1n) is 9.07. The molecule has 5 heteroatoms. The average molecular weight is 308 g/mol. The Bertz CT molecular complexity index is 408. The van der Waals surface area contributed by atoms with E-state index in [0.717, 1.165) is 44.2 Å². The van der Waals surface area contributed by atoms with Crippen molar-refractivity contribution in [3.8, 4) is 0 Å². The van der Waals surface area contributed by atoms with Crippen molar-refractivity contribution in [1.82, 2.24) is 10.2 Å². The Morgan fingerprint density at radius 2 is 1.73 bits per heavy atom. The van der Waals surface area contributed by atoms with Crippen LogP contribution in [0.25, 0.3) is 0 Å². The molecule has 2 aliphatic heterocycles. The van der Waals surface area contributed by atoms with Gasteiger partial charge in [-0.2, -0.15) is 0 Å². The molecule has 0 unspecified atom stereocenters. The molecule has 2 amide bonds. The minimum absolute atomic E-state index is 0.120. The Balaban J connectivity index is 1.25. The molecular formula is C17H28N2O3. The normalized spacial score (nSPS) is 34.8. The summed E-state index contributed by atoms with van der Waals surface area (Å²) in [6, 6.07) is 0.510. The van der Waals surface area contributed by atoms with Gasteiger partial charge >= 0.3 is 6.03 Å². The second kappa shape index (κ2) is 6.00. The Morgan fingerprint density at radius 3 is 2.41 bits per heavy atom. The molecule has 2 heterocycles. The molecule has 0 aromatic rings. The summed E-state index contributed by atoms with van der Waals surface area (Å²) in [6.45, 7) is 2.86. The van der Waals surface area contributed by atoms with E-state index in [1.54, 1.807) is 0 Å². The van der Waals surface area contributed by atoms with Crippen LogP contribution in [0.3, 0.4) is 0 Å². The van der Waals surface area contributed by atoms with E-state index in [0.29, 0.717) is 19.3 Å². The standard InChI is InChI=1S/C17H28N2O3/c20-16(18-15-3-1-2-14(12-15)13-4-5-13)19-8-6-17(7-9-19)21-10-11-22-17/h13-15H,1-12H2,(H,18,20)/t14-,15-/m0/s1. The lowest BCUT2D eigenvalue weighted by Crippen LogP contribution is -2.52. The highest BCUT2D eigenvalue weighted by Crippen LogP contribution is 2.44. The zero-order valence-corrected chi connectivity index (χ0v) is 13.4. The summed E-state index contributed by atoms with van der Waals surface area (Å²) in [7, 11) is 0. The first-order valence-corrected chi connectivity index (χ1v) is 9.07. The highest BCUT2D eigenvalue weighted by atomic mass is 16.7. The number of hydrogen-bond donors (Lipinski definition) is 1. The lowest BCUT2D eigenvalue weighted by atomic mass is 9.83. The van der Waals surface area contributed by atoms with E-state index in [4.69, 9.17) is 9.47 Å². The number of nitrogens with zero attached hydrogens (tertiary/aromatic N) is 1. The third-order valence-corrected chi connectivity index (χ3v) is 5.96. The Kier molecular flexibility index (Phi) is 4.03. The third-order valence-electron chi connectivity index (χ3n) is 5.96. The van der Waals surface area contributed by atoms with Crippen LogP contribution in [-0.2, 0) is 9.47 Å². The fraction of sp³-hybridized carbons (Fsp3) is 0.941. The minimum Gasteiger partial charge on any atom is -0.347 e. The summed E-state index contributed by atoms with van der Waals surface area (Å²) in [5, 5.41) is 3.29. The molecule has 1 spiro atoms. The first-order chi connectivity index (χ1) is 10.7. The maximum Gasteiger partial charge on any atom is 0.317 e. The van der Waals surface area contributed by atoms with Gasteiger partial charge in [-0.15, -0.1) is 0 Å². The molecule has 5 nitrogen and oxygen atoms in total. The smallest absolute Gasteiger partial charge is 0.317 e. The molecule has 4 rings (SSSR count). The zero-order valence-electron chi connectivity index (χ0n) is 13.4. The van der Waals surface area contributed by atoms with Crippen LogP contribution < -0.4 is 5.32 Å². The average Bonchev–Trinajstić information content (AvgIpc) is 3.30. The maximum absolute atomic E-state index is 12.5. The van der Waals surface area contributed by atoms with Gasteiger partial charge in [0.1, 0.15) is 0 Å². The fourth-order valence-electron chi connectivity index (χ4n) is 4.46. The summed E-state index contributed by atoms with van der Waals surface area (Å²) >= 11 is 0. The van der Waals surface area contributed by atoms with E-state index in [1.807, 2.05) is 4.90 Å². The van der Waals surface area contributed by atoms with Crippen LogP contribution >= 0.6 is 0 Å². The van der Waals surface area contributed by atoms with Gasteiger partial charge in [-0.3, -0.25) is 0 Å². The predicted molar refractivity (Wildman–Crippen MR) is 82.4 cm³/mol. The number of carbonyl (C=O) groups is 1. The zero-order chi connectivity index (χ0) is 15.0. The van der Waals surface area contributed by atoms with Gasteiger partial charge in [-0.1, -0.05) is 12.8 Å². The van der Waals surface area contributed by atoms with Crippen molar-refractivity contribution >= 4 is 6.03 Å². The van der Waals surface area contributed by atoms with Crippen LogP contribution in [-0.4, -0.2) is 49.1 Å². The monoisotopic (exact) mass is 308 g/mol. The van der Waals surface area contributed by atoms with Gasteiger partial charge in [-0.05, 0) is 37.5 Å². The number of amides is 2. The van der Waals surface area contributed by atoms with E-state index >= 15 is 0 Å². The third kappa shape index (κ3) is 3.11. The van der Waals surface area contributed by atoms with Gasteiger partial charge in [0.05, 0.1) is 13.2 Å². The molecule has 0 aromatic carbocycles. The molecule has 0 radical (unpaired) electrons. The molecule has 22 heavy (non-hydrogen) atoms. The van der Waals surface area contributed by atoms with Gasteiger partial charge in [0.2, 0.25) is 0 Å². The number of hydrogen-bond acceptors (Lipinski definition) is 3. The molecule has 2 saturated heterocycles. The largest absolute Gasteiger partial charge is 0.347 e. The van der Waals surface area contributed by atoms with Gasteiger partial charge in [0.15, 0.2) is 5.79 Å². The van der Waals surface area contributed by atoms with E-state index < -0.39 is 5.79 Å². The molecule has 0 aromatic heterocycles. The number of nitrogens with one attached hydrogen (secondary N) is 1. The highest BCUT2D eigenvalue weighted by molar-refractivity contribution is 5.74. The molecule has 2 saturated carbocycles. The SMILES string of the molecule is O=C(N[C@H]1CCC[C@H](C2CC2)C1)N1CCC2(CC1)OCCO2. The highest BCUT2D eigenvalue weighted by Gasteiger charge is 2.41. The molecular weight excluding hydrogens is 280 g/mol. The van der Waals surface area contributed by atoms with Crippen molar-refractivity contribution in [3.63, 3.8) is 0 Å². The Labute approximate surface area is 132 Å². The number of rotatable bonds is 2. The minimum atomic E-state index is -0.390. The van der Waals surface area contributed by atoms with Gasteiger partial charge in [0.25, 0.3) is 0 Å². The topological polar surface area (TPSA) is 50.8 Å². The summed E-state index contributed by atoms with van der Waals surface area (Å²) in [4.78, 5) is 14.4. The Morgan fingerprint density at radius 1 is 1.00 bits per heavy atom. The molecule has 0 bridgehead atoms. The van der Waals surface area contributed by atoms with Crippen molar-refractivity contribution in [2.75, 3.05) is 26.3 Å². The summed E-state index contributed by atoms with van der Waals surface area (Å²) in [5.74, 6) is 1.44. The molecule has 4 aliphatic rings.